The second-order valence-corrected chi connectivity index (χ2v) is 4.89. The molecule has 0 spiro atoms. The van der Waals surface area contributed by atoms with E-state index in [9.17, 15) is 13.6 Å². The highest BCUT2D eigenvalue weighted by molar-refractivity contribution is 7.09. The predicted octanol–water partition coefficient (Wildman–Crippen LogP) is 3.36. The van der Waals surface area contributed by atoms with Crippen molar-refractivity contribution in [1.29, 1.82) is 0 Å². The number of halogens is 2. The van der Waals surface area contributed by atoms with Crippen LogP contribution in [0.4, 0.5) is 19.3 Å². The molecule has 0 aliphatic carbocycles. The first-order valence-electron chi connectivity index (χ1n) is 5.70. The van der Waals surface area contributed by atoms with Crippen LogP contribution >= 0.6 is 11.3 Å². The fraction of sp³-hybridized carbons (Fsp3) is 0.154. The Bertz CT molecular complexity index is 579. The van der Waals surface area contributed by atoms with Crippen molar-refractivity contribution in [3.63, 3.8) is 0 Å². The van der Waals surface area contributed by atoms with Crippen molar-refractivity contribution in [3.05, 3.63) is 46.2 Å². The van der Waals surface area contributed by atoms with Gasteiger partial charge in [0.15, 0.2) is 17.4 Å². The summed E-state index contributed by atoms with van der Waals surface area (Å²) in [5, 5.41) is 6.83. The maximum Gasteiger partial charge on any atom is 0.319 e. The van der Waals surface area contributed by atoms with Crippen LogP contribution in [0.5, 0.6) is 5.75 Å². The molecule has 1 aromatic carbocycles. The van der Waals surface area contributed by atoms with Gasteiger partial charge in [-0.05, 0) is 11.4 Å². The van der Waals surface area contributed by atoms with Crippen molar-refractivity contribution >= 4 is 23.1 Å². The lowest BCUT2D eigenvalue weighted by molar-refractivity contribution is 0.252. The number of carbonyl (C=O) groups is 1. The zero-order valence-corrected chi connectivity index (χ0v) is 11.4. The van der Waals surface area contributed by atoms with Gasteiger partial charge in [0.05, 0.1) is 13.7 Å². The van der Waals surface area contributed by atoms with Crippen molar-refractivity contribution in [1.82, 2.24) is 5.32 Å². The SMILES string of the molecule is COc1c(F)cc(NC(=O)NCc2cccs2)cc1F. The third-order valence-corrected chi connectivity index (χ3v) is 3.34. The zero-order chi connectivity index (χ0) is 14.5. The average molecular weight is 298 g/mol. The number of anilines is 1. The number of methoxy groups -OCH3 is 1. The molecule has 20 heavy (non-hydrogen) atoms. The van der Waals surface area contributed by atoms with Gasteiger partial charge in [0.25, 0.3) is 0 Å². The lowest BCUT2D eigenvalue weighted by Gasteiger charge is -2.09. The molecule has 0 saturated carbocycles. The van der Waals surface area contributed by atoms with E-state index in [0.29, 0.717) is 6.54 Å². The first-order valence-corrected chi connectivity index (χ1v) is 6.58. The molecular weight excluding hydrogens is 286 g/mol. The number of hydrogen-bond acceptors (Lipinski definition) is 3. The highest BCUT2D eigenvalue weighted by Crippen LogP contribution is 2.25. The summed E-state index contributed by atoms with van der Waals surface area (Å²) in [7, 11) is 1.17. The fourth-order valence-corrected chi connectivity index (χ4v) is 2.23. The second-order valence-electron chi connectivity index (χ2n) is 3.86. The Morgan fingerprint density at radius 3 is 2.60 bits per heavy atom. The van der Waals surface area contributed by atoms with E-state index in [1.54, 1.807) is 0 Å². The molecule has 2 aromatic rings. The molecule has 0 atom stereocenters. The molecule has 0 saturated heterocycles. The molecule has 0 aliphatic rings. The monoisotopic (exact) mass is 298 g/mol. The van der Waals surface area contributed by atoms with E-state index in [0.717, 1.165) is 17.0 Å². The summed E-state index contributed by atoms with van der Waals surface area (Å²) < 4.78 is 31.4. The first kappa shape index (κ1) is 14.3. The molecule has 0 radical (unpaired) electrons. The van der Waals surface area contributed by atoms with Crippen LogP contribution in [-0.2, 0) is 6.54 Å². The van der Waals surface area contributed by atoms with Crippen molar-refractivity contribution in [2.45, 2.75) is 6.54 Å². The van der Waals surface area contributed by atoms with Crippen LogP contribution in [0.25, 0.3) is 0 Å². The maximum absolute atomic E-state index is 13.4. The molecule has 0 fully saturated rings. The lowest BCUT2D eigenvalue weighted by atomic mass is 10.2. The molecule has 1 aromatic heterocycles. The topological polar surface area (TPSA) is 50.4 Å². The molecule has 0 bridgehead atoms. The molecule has 7 heteroatoms. The van der Waals surface area contributed by atoms with E-state index in [-0.39, 0.29) is 5.69 Å². The third kappa shape index (κ3) is 3.45. The van der Waals surface area contributed by atoms with Gasteiger partial charge in [-0.2, -0.15) is 0 Å². The Hall–Kier alpha value is -2.15. The molecule has 106 valence electrons. The summed E-state index contributed by atoms with van der Waals surface area (Å²) in [4.78, 5) is 12.6. The summed E-state index contributed by atoms with van der Waals surface area (Å²) in [5.41, 5.74) is 0.0180. The number of hydrogen-bond donors (Lipinski definition) is 2. The summed E-state index contributed by atoms with van der Waals surface area (Å²) in [6.45, 7) is 0.352. The third-order valence-electron chi connectivity index (χ3n) is 2.46. The molecule has 2 N–H and O–H groups in total. The van der Waals surface area contributed by atoms with Crippen LogP contribution < -0.4 is 15.4 Å². The number of amides is 2. The van der Waals surface area contributed by atoms with Crippen molar-refractivity contribution in [2.75, 3.05) is 12.4 Å². The van der Waals surface area contributed by atoms with Gasteiger partial charge >= 0.3 is 6.03 Å². The van der Waals surface area contributed by atoms with E-state index >= 15 is 0 Å². The largest absolute Gasteiger partial charge is 0.491 e. The number of carbonyl (C=O) groups excluding carboxylic acids is 1. The quantitative estimate of drug-likeness (QED) is 0.909. The van der Waals surface area contributed by atoms with Crippen LogP contribution in [0, 0.1) is 11.6 Å². The van der Waals surface area contributed by atoms with Gasteiger partial charge in [-0.25, -0.2) is 13.6 Å². The minimum absolute atomic E-state index is 0.0180. The minimum Gasteiger partial charge on any atom is -0.491 e. The van der Waals surface area contributed by atoms with Crippen molar-refractivity contribution in [2.24, 2.45) is 0 Å². The number of thiophene rings is 1. The summed E-state index contributed by atoms with van der Waals surface area (Å²) in [5.74, 6) is -2.23. The van der Waals surface area contributed by atoms with Gasteiger partial charge in [-0.3, -0.25) is 0 Å². The van der Waals surface area contributed by atoms with Gasteiger partial charge in [-0.15, -0.1) is 11.3 Å². The van der Waals surface area contributed by atoms with Crippen molar-refractivity contribution < 1.29 is 18.3 Å². The van der Waals surface area contributed by atoms with Crippen LogP contribution in [0.2, 0.25) is 0 Å². The van der Waals surface area contributed by atoms with E-state index in [4.69, 9.17) is 0 Å². The lowest BCUT2D eigenvalue weighted by Crippen LogP contribution is -2.27. The first-order chi connectivity index (χ1) is 9.60. The van der Waals surface area contributed by atoms with Crippen molar-refractivity contribution in [3.8, 4) is 5.75 Å². The highest BCUT2D eigenvalue weighted by atomic mass is 32.1. The zero-order valence-electron chi connectivity index (χ0n) is 10.6. The van der Waals surface area contributed by atoms with Gasteiger partial charge in [0.2, 0.25) is 0 Å². The Kier molecular flexibility index (Phi) is 4.52. The number of urea groups is 1. The van der Waals surface area contributed by atoms with Gasteiger partial charge in [0.1, 0.15) is 0 Å². The highest BCUT2D eigenvalue weighted by Gasteiger charge is 2.12. The molecule has 1 heterocycles. The summed E-state index contributed by atoms with van der Waals surface area (Å²) >= 11 is 1.50. The Labute approximate surface area is 118 Å². The Morgan fingerprint density at radius 1 is 1.35 bits per heavy atom. The van der Waals surface area contributed by atoms with Gasteiger partial charge in [0, 0.05) is 22.7 Å². The maximum atomic E-state index is 13.4. The number of nitrogens with one attached hydrogen (secondary N) is 2. The molecule has 0 unspecified atom stereocenters. The summed E-state index contributed by atoms with van der Waals surface area (Å²) in [6.07, 6.45) is 0. The van der Waals surface area contributed by atoms with Gasteiger partial charge < -0.3 is 15.4 Å². The minimum atomic E-state index is -0.874. The van der Waals surface area contributed by atoms with Crippen LogP contribution in [-0.4, -0.2) is 13.1 Å². The molecule has 2 rings (SSSR count). The number of ether oxygens (including phenoxy) is 1. The fourth-order valence-electron chi connectivity index (χ4n) is 1.58. The van der Waals surface area contributed by atoms with E-state index < -0.39 is 23.4 Å². The van der Waals surface area contributed by atoms with E-state index in [2.05, 4.69) is 15.4 Å². The van der Waals surface area contributed by atoms with E-state index in [1.807, 2.05) is 17.5 Å². The van der Waals surface area contributed by atoms with Gasteiger partial charge in [-0.1, -0.05) is 6.07 Å². The number of benzene rings is 1. The molecule has 2 amide bonds. The molecule has 0 aliphatic heterocycles. The predicted molar refractivity (Wildman–Crippen MR) is 73.1 cm³/mol. The number of rotatable bonds is 4. The van der Waals surface area contributed by atoms with Crippen LogP contribution in [0.15, 0.2) is 29.6 Å². The Balaban J connectivity index is 1.97. The van der Waals surface area contributed by atoms with Crippen LogP contribution in [0.1, 0.15) is 4.88 Å². The standard InChI is InChI=1S/C13H12F2N2O2S/c1-19-12-10(14)5-8(6-11(12)15)17-13(18)16-7-9-3-2-4-20-9/h2-6H,7H2,1H3,(H2,16,17,18). The van der Waals surface area contributed by atoms with Crippen LogP contribution in [0.3, 0.4) is 0 Å². The molecule has 4 nitrogen and oxygen atoms in total. The Morgan fingerprint density at radius 2 is 2.05 bits per heavy atom. The molecular formula is C13H12F2N2O2S. The average Bonchev–Trinajstić information content (AvgIpc) is 2.89. The smallest absolute Gasteiger partial charge is 0.319 e. The second kappa shape index (κ2) is 6.33. The summed E-state index contributed by atoms with van der Waals surface area (Å²) in [6, 6.07) is 5.19. The normalized spacial score (nSPS) is 10.2. The van der Waals surface area contributed by atoms with E-state index in [1.165, 1.54) is 18.4 Å².